The Labute approximate surface area is 167 Å². The number of hydrazine groups is 1. The summed E-state index contributed by atoms with van der Waals surface area (Å²) in [6.45, 7) is 0.625. The number of anilines is 1. The first-order chi connectivity index (χ1) is 14.0. The lowest BCUT2D eigenvalue weighted by Gasteiger charge is -2.32. The van der Waals surface area contributed by atoms with Gasteiger partial charge in [-0.05, 0) is 31.0 Å². The van der Waals surface area contributed by atoms with Crippen molar-refractivity contribution in [1.29, 1.82) is 0 Å². The smallest absolute Gasteiger partial charge is 0.321 e. The lowest BCUT2D eigenvalue weighted by atomic mass is 9.98. The van der Waals surface area contributed by atoms with E-state index in [4.69, 9.17) is 0 Å². The van der Waals surface area contributed by atoms with Crippen LogP contribution in [0.3, 0.4) is 0 Å². The molecule has 0 saturated carbocycles. The Morgan fingerprint density at radius 1 is 1.00 bits per heavy atom. The fourth-order valence-electron chi connectivity index (χ4n) is 3.12. The quantitative estimate of drug-likeness (QED) is 0.667. The van der Waals surface area contributed by atoms with Crippen LogP contribution in [0.1, 0.15) is 12.8 Å². The third kappa shape index (κ3) is 5.68. The maximum atomic E-state index is 12.4. The number of hydrogen-bond acceptors (Lipinski definition) is 4. The van der Waals surface area contributed by atoms with Crippen molar-refractivity contribution in [2.75, 3.05) is 18.4 Å². The molecule has 0 bridgehead atoms. The minimum atomic E-state index is -0.513. The number of benzene rings is 1. The van der Waals surface area contributed by atoms with E-state index >= 15 is 0 Å². The van der Waals surface area contributed by atoms with Crippen molar-refractivity contribution in [1.82, 2.24) is 20.3 Å². The number of aromatic nitrogens is 1. The van der Waals surface area contributed by atoms with Crippen LogP contribution in [0.4, 0.5) is 10.5 Å². The number of amides is 4. The second kappa shape index (κ2) is 9.54. The van der Waals surface area contributed by atoms with Crippen molar-refractivity contribution >= 4 is 23.5 Å². The maximum Gasteiger partial charge on any atom is 0.321 e. The van der Waals surface area contributed by atoms with Gasteiger partial charge in [0.1, 0.15) is 6.54 Å². The number of nitrogens with zero attached hydrogens (tertiary/aromatic N) is 2. The van der Waals surface area contributed by atoms with Gasteiger partial charge in [0.15, 0.2) is 0 Å². The first kappa shape index (κ1) is 20.1. The molecule has 1 aromatic carbocycles. The van der Waals surface area contributed by atoms with Crippen LogP contribution in [0.15, 0.2) is 59.5 Å². The van der Waals surface area contributed by atoms with E-state index in [2.05, 4.69) is 16.2 Å². The van der Waals surface area contributed by atoms with Crippen molar-refractivity contribution in [3.63, 3.8) is 0 Å². The number of piperidine rings is 1. The van der Waals surface area contributed by atoms with Crippen molar-refractivity contribution in [3.8, 4) is 0 Å². The summed E-state index contributed by atoms with van der Waals surface area (Å²) >= 11 is 0. The summed E-state index contributed by atoms with van der Waals surface area (Å²) in [5.41, 5.74) is 5.09. The maximum absolute atomic E-state index is 12.4. The van der Waals surface area contributed by atoms with Crippen LogP contribution in [0.25, 0.3) is 0 Å². The second-order valence-corrected chi connectivity index (χ2v) is 6.79. The average Bonchev–Trinajstić information content (AvgIpc) is 2.74. The number of urea groups is 1. The largest absolute Gasteiger partial charge is 0.324 e. The number of hydrogen-bond donors (Lipinski definition) is 3. The molecule has 1 aromatic heterocycles. The van der Waals surface area contributed by atoms with E-state index in [-0.39, 0.29) is 30.6 Å². The van der Waals surface area contributed by atoms with Crippen LogP contribution in [-0.2, 0) is 16.1 Å². The molecule has 0 spiro atoms. The van der Waals surface area contributed by atoms with Gasteiger partial charge in [-0.15, -0.1) is 0 Å². The number of nitrogens with one attached hydrogen (secondary N) is 3. The van der Waals surface area contributed by atoms with Gasteiger partial charge >= 0.3 is 6.03 Å². The van der Waals surface area contributed by atoms with Gasteiger partial charge in [-0.2, -0.15) is 0 Å². The molecular weight excluding hydrogens is 374 g/mol. The highest BCUT2D eigenvalue weighted by Gasteiger charge is 2.28. The molecule has 4 amide bonds. The summed E-state index contributed by atoms with van der Waals surface area (Å²) in [5.74, 6) is -1.30. The van der Waals surface area contributed by atoms with E-state index in [1.807, 2.05) is 18.2 Å². The number of likely N-dealkylation sites (tertiary alicyclic amines) is 1. The van der Waals surface area contributed by atoms with Gasteiger partial charge in [-0.1, -0.05) is 24.3 Å². The van der Waals surface area contributed by atoms with E-state index in [1.54, 1.807) is 29.2 Å². The van der Waals surface area contributed by atoms with E-state index in [0.29, 0.717) is 25.1 Å². The molecule has 9 heteroatoms. The monoisotopic (exact) mass is 397 g/mol. The highest BCUT2D eigenvalue weighted by Crippen LogP contribution is 2.18. The molecule has 1 fully saturated rings. The zero-order valence-corrected chi connectivity index (χ0v) is 15.8. The van der Waals surface area contributed by atoms with E-state index in [1.165, 1.54) is 16.8 Å². The SMILES string of the molecule is O=C(Cn1ccccc1=O)NNC(=O)[C@@H]1CCCN(C(=O)Nc2ccccc2)C1. The average molecular weight is 397 g/mol. The van der Waals surface area contributed by atoms with E-state index in [9.17, 15) is 19.2 Å². The molecule has 0 radical (unpaired) electrons. The van der Waals surface area contributed by atoms with Crippen molar-refractivity contribution in [3.05, 3.63) is 65.1 Å². The lowest BCUT2D eigenvalue weighted by molar-refractivity contribution is -0.132. The standard InChI is InChI=1S/C20H23N5O4/c26-17(14-24-11-5-4-10-18(24)27)22-23-19(28)15-7-6-12-25(13-15)20(29)21-16-8-2-1-3-9-16/h1-5,8-11,15H,6-7,12-14H2,(H,21,29)(H,22,26)(H,23,28)/t15-/m1/s1. The molecule has 2 aromatic rings. The van der Waals surface area contributed by atoms with Gasteiger partial charge in [-0.25, -0.2) is 4.79 Å². The Morgan fingerprint density at radius 3 is 2.52 bits per heavy atom. The fraction of sp³-hybridized carbons (Fsp3) is 0.300. The fourth-order valence-corrected chi connectivity index (χ4v) is 3.12. The number of pyridine rings is 1. The normalized spacial score (nSPS) is 16.0. The predicted molar refractivity (Wildman–Crippen MR) is 107 cm³/mol. The van der Waals surface area contributed by atoms with Crippen LogP contribution < -0.4 is 21.7 Å². The third-order valence-electron chi connectivity index (χ3n) is 4.64. The highest BCUT2D eigenvalue weighted by atomic mass is 16.2. The molecule has 9 nitrogen and oxygen atoms in total. The molecule has 0 aliphatic carbocycles. The summed E-state index contributed by atoms with van der Waals surface area (Å²) in [5, 5.41) is 2.81. The molecule has 152 valence electrons. The summed E-state index contributed by atoms with van der Waals surface area (Å²) in [6.07, 6.45) is 2.80. The molecule has 1 aliphatic rings. The second-order valence-electron chi connectivity index (χ2n) is 6.79. The van der Waals surface area contributed by atoms with Gasteiger partial charge in [0, 0.05) is 31.0 Å². The zero-order valence-electron chi connectivity index (χ0n) is 15.8. The van der Waals surface area contributed by atoms with E-state index < -0.39 is 11.8 Å². The van der Waals surface area contributed by atoms with Crippen LogP contribution >= 0.6 is 0 Å². The molecular formula is C20H23N5O4. The van der Waals surface area contributed by atoms with Gasteiger partial charge < -0.3 is 14.8 Å². The Hall–Kier alpha value is -3.62. The Balaban J connectivity index is 1.48. The number of rotatable bonds is 4. The lowest BCUT2D eigenvalue weighted by Crippen LogP contribution is -2.51. The first-order valence-corrected chi connectivity index (χ1v) is 9.38. The molecule has 1 aliphatic heterocycles. The number of para-hydroxylation sites is 1. The molecule has 3 N–H and O–H groups in total. The van der Waals surface area contributed by atoms with Gasteiger partial charge in [0.2, 0.25) is 5.91 Å². The van der Waals surface area contributed by atoms with Crippen LogP contribution in [0.5, 0.6) is 0 Å². The van der Waals surface area contributed by atoms with Crippen LogP contribution in [0, 0.1) is 5.92 Å². The topological polar surface area (TPSA) is 113 Å². The summed E-state index contributed by atoms with van der Waals surface area (Å²) in [4.78, 5) is 50.0. The summed E-state index contributed by atoms with van der Waals surface area (Å²) in [7, 11) is 0. The van der Waals surface area contributed by atoms with Gasteiger partial charge in [0.25, 0.3) is 11.5 Å². The number of carbonyl (C=O) groups excluding carboxylic acids is 3. The zero-order chi connectivity index (χ0) is 20.6. The molecule has 0 unspecified atom stereocenters. The number of carbonyl (C=O) groups is 3. The minimum absolute atomic E-state index is 0.198. The third-order valence-corrected chi connectivity index (χ3v) is 4.64. The summed E-state index contributed by atoms with van der Waals surface area (Å²) < 4.78 is 1.23. The van der Waals surface area contributed by atoms with Crippen LogP contribution in [-0.4, -0.2) is 40.4 Å². The predicted octanol–water partition coefficient (Wildman–Crippen LogP) is 0.940. The van der Waals surface area contributed by atoms with Crippen molar-refractivity contribution < 1.29 is 14.4 Å². The van der Waals surface area contributed by atoms with Gasteiger partial charge in [-0.3, -0.25) is 25.2 Å². The molecule has 29 heavy (non-hydrogen) atoms. The van der Waals surface area contributed by atoms with E-state index in [0.717, 1.165) is 0 Å². The van der Waals surface area contributed by atoms with Crippen molar-refractivity contribution in [2.24, 2.45) is 5.92 Å². The summed E-state index contributed by atoms with van der Waals surface area (Å²) in [6, 6.07) is 13.4. The molecule has 2 heterocycles. The molecule has 1 saturated heterocycles. The van der Waals surface area contributed by atoms with Gasteiger partial charge in [0.05, 0.1) is 5.92 Å². The molecule has 3 rings (SSSR count). The van der Waals surface area contributed by atoms with Crippen molar-refractivity contribution in [2.45, 2.75) is 19.4 Å². The Morgan fingerprint density at radius 2 is 1.76 bits per heavy atom. The Bertz CT molecular complexity index is 928. The highest BCUT2D eigenvalue weighted by molar-refractivity contribution is 5.90. The minimum Gasteiger partial charge on any atom is -0.324 e. The first-order valence-electron chi connectivity index (χ1n) is 9.38. The van der Waals surface area contributed by atoms with Crippen LogP contribution in [0.2, 0.25) is 0 Å². The Kier molecular flexibility index (Phi) is 6.62. The molecule has 1 atom stereocenters.